The van der Waals surface area contributed by atoms with Gasteiger partial charge in [0.2, 0.25) is 0 Å². The summed E-state index contributed by atoms with van der Waals surface area (Å²) in [7, 11) is 2.00. The molecule has 0 bridgehead atoms. The van der Waals surface area contributed by atoms with E-state index < -0.39 is 24.3 Å². The Kier molecular flexibility index (Phi) is 8.74. The summed E-state index contributed by atoms with van der Waals surface area (Å²) >= 11 is 0. The molecule has 2 aliphatic heterocycles. The Morgan fingerprint density at radius 3 is 1.79 bits per heavy atom. The van der Waals surface area contributed by atoms with Gasteiger partial charge in [0.25, 0.3) is 0 Å². The quantitative estimate of drug-likeness (QED) is 0.629. The van der Waals surface area contributed by atoms with Gasteiger partial charge in [0.1, 0.15) is 0 Å². The highest BCUT2D eigenvalue weighted by Crippen LogP contribution is 2.37. The number of carboxylic acids is 2. The zero-order valence-electron chi connectivity index (χ0n) is 17.8. The van der Waals surface area contributed by atoms with E-state index in [0.29, 0.717) is 0 Å². The van der Waals surface area contributed by atoms with Crippen molar-refractivity contribution in [2.75, 3.05) is 19.6 Å². The largest absolute Gasteiger partial charge is 0.490 e. The number of aromatic nitrogens is 2. The van der Waals surface area contributed by atoms with Gasteiger partial charge in [0, 0.05) is 57.1 Å². The molecular weight excluding hydrogens is 462 g/mol. The second-order valence-corrected chi connectivity index (χ2v) is 8.25. The molecule has 3 heterocycles. The van der Waals surface area contributed by atoms with Crippen molar-refractivity contribution in [3.63, 3.8) is 0 Å². The number of fused-ring (bicyclic) bond motifs is 1. The Bertz CT molecular complexity index is 785. The lowest BCUT2D eigenvalue weighted by molar-refractivity contribution is -0.193. The molecule has 0 spiro atoms. The number of carboxylic acid groups (broad SMARTS) is 2. The first kappa shape index (κ1) is 26.9. The van der Waals surface area contributed by atoms with Crippen molar-refractivity contribution in [2.45, 2.75) is 56.7 Å². The molecule has 3 aliphatic rings. The molecule has 0 radical (unpaired) electrons. The second kappa shape index (κ2) is 10.7. The number of nitrogens with zero attached hydrogens (tertiary/aromatic N) is 4. The molecular formula is C19H26F6N4O4. The number of rotatable bonds is 4. The number of halogens is 6. The van der Waals surface area contributed by atoms with Gasteiger partial charge in [-0.1, -0.05) is 0 Å². The zero-order chi connectivity index (χ0) is 25.0. The van der Waals surface area contributed by atoms with Gasteiger partial charge in [-0.3, -0.25) is 14.5 Å². The summed E-state index contributed by atoms with van der Waals surface area (Å²) in [5.74, 6) is -4.48. The standard InChI is InChI=1S/C15H24N4.2C2HF3O2/c1-17-9-13(8-16-17)11-19-7-5-14-15(19)4-6-18(14)10-12-2-3-12;2*3-2(4,5)1(6)7/h8-9,12,14-15H,2-7,10-11H2,1H3;2*(H,6,7)/t14-,15+;;/m0../s1. The molecule has 2 N–H and O–H groups in total. The van der Waals surface area contributed by atoms with E-state index in [1.165, 1.54) is 50.9 Å². The van der Waals surface area contributed by atoms with Crippen molar-refractivity contribution in [3.05, 3.63) is 18.0 Å². The lowest BCUT2D eigenvalue weighted by Crippen LogP contribution is -2.37. The third kappa shape index (κ3) is 8.50. The van der Waals surface area contributed by atoms with E-state index in [2.05, 4.69) is 21.1 Å². The van der Waals surface area contributed by atoms with Crippen LogP contribution in [-0.2, 0) is 23.2 Å². The fraction of sp³-hybridized carbons (Fsp3) is 0.737. The van der Waals surface area contributed by atoms with Crippen LogP contribution in [0.4, 0.5) is 26.3 Å². The van der Waals surface area contributed by atoms with Gasteiger partial charge in [-0.05, 0) is 31.6 Å². The van der Waals surface area contributed by atoms with Crippen LogP contribution in [0, 0.1) is 5.92 Å². The van der Waals surface area contributed by atoms with Crippen molar-refractivity contribution in [1.29, 1.82) is 0 Å². The highest BCUT2D eigenvalue weighted by Gasteiger charge is 2.43. The van der Waals surface area contributed by atoms with Crippen molar-refractivity contribution in [2.24, 2.45) is 13.0 Å². The monoisotopic (exact) mass is 488 g/mol. The van der Waals surface area contributed by atoms with Crippen molar-refractivity contribution < 1.29 is 46.1 Å². The molecule has 1 aromatic heterocycles. The van der Waals surface area contributed by atoms with E-state index in [4.69, 9.17) is 19.8 Å². The van der Waals surface area contributed by atoms with Gasteiger partial charge < -0.3 is 10.2 Å². The molecule has 1 aromatic rings. The normalized spacial score (nSPS) is 23.2. The number of aryl methyl sites for hydroxylation is 1. The van der Waals surface area contributed by atoms with Gasteiger partial charge in [-0.15, -0.1) is 0 Å². The first-order valence-electron chi connectivity index (χ1n) is 10.2. The molecule has 3 fully saturated rings. The molecule has 0 unspecified atom stereocenters. The Balaban J connectivity index is 0.000000230. The van der Waals surface area contributed by atoms with Crippen LogP contribution in [-0.4, -0.2) is 85.8 Å². The van der Waals surface area contributed by atoms with Crippen LogP contribution in [0.3, 0.4) is 0 Å². The molecule has 2 atom stereocenters. The molecule has 14 heteroatoms. The molecule has 188 valence electrons. The molecule has 2 saturated heterocycles. The number of hydrogen-bond acceptors (Lipinski definition) is 5. The van der Waals surface area contributed by atoms with Gasteiger partial charge in [0.15, 0.2) is 0 Å². The van der Waals surface area contributed by atoms with E-state index in [0.717, 1.165) is 24.5 Å². The van der Waals surface area contributed by atoms with Crippen LogP contribution >= 0.6 is 0 Å². The average Bonchev–Trinajstić information content (AvgIpc) is 3.06. The third-order valence-corrected chi connectivity index (χ3v) is 5.62. The average molecular weight is 488 g/mol. The van der Waals surface area contributed by atoms with Gasteiger partial charge >= 0.3 is 24.3 Å². The third-order valence-electron chi connectivity index (χ3n) is 5.62. The van der Waals surface area contributed by atoms with Gasteiger partial charge in [-0.25, -0.2) is 9.59 Å². The number of hydrogen-bond donors (Lipinski definition) is 2. The topological polar surface area (TPSA) is 98.9 Å². The minimum atomic E-state index is -5.08. The van der Waals surface area contributed by atoms with Crippen LogP contribution in [0.1, 0.15) is 31.2 Å². The fourth-order valence-corrected chi connectivity index (χ4v) is 4.01. The SMILES string of the molecule is Cn1cc(CN2CC[C@H]3[C@H]2CCN3CC2CC2)cn1.O=C(O)C(F)(F)F.O=C(O)C(F)(F)F. The molecule has 8 nitrogen and oxygen atoms in total. The Morgan fingerprint density at radius 1 is 0.939 bits per heavy atom. The summed E-state index contributed by atoms with van der Waals surface area (Å²) in [5.41, 5.74) is 1.36. The summed E-state index contributed by atoms with van der Waals surface area (Å²) in [6.07, 6.45) is -0.287. The second-order valence-electron chi connectivity index (χ2n) is 8.25. The van der Waals surface area contributed by atoms with E-state index in [-0.39, 0.29) is 0 Å². The van der Waals surface area contributed by atoms with Gasteiger partial charge in [-0.2, -0.15) is 31.4 Å². The predicted molar refractivity (Wildman–Crippen MR) is 102 cm³/mol. The number of likely N-dealkylation sites (tertiary alicyclic amines) is 2. The highest BCUT2D eigenvalue weighted by atomic mass is 19.4. The molecule has 0 aromatic carbocycles. The van der Waals surface area contributed by atoms with E-state index in [1.807, 2.05) is 17.9 Å². The maximum absolute atomic E-state index is 10.6. The number of carbonyl (C=O) groups is 2. The van der Waals surface area contributed by atoms with Gasteiger partial charge in [0.05, 0.1) is 6.20 Å². The predicted octanol–water partition coefficient (Wildman–Crippen LogP) is 2.75. The summed E-state index contributed by atoms with van der Waals surface area (Å²) in [6.45, 7) is 5.06. The van der Waals surface area contributed by atoms with E-state index in [9.17, 15) is 26.3 Å². The minimum Gasteiger partial charge on any atom is -0.475 e. The van der Waals surface area contributed by atoms with Crippen molar-refractivity contribution in [1.82, 2.24) is 19.6 Å². The van der Waals surface area contributed by atoms with Crippen LogP contribution in [0.25, 0.3) is 0 Å². The van der Waals surface area contributed by atoms with Crippen molar-refractivity contribution in [3.8, 4) is 0 Å². The zero-order valence-corrected chi connectivity index (χ0v) is 17.8. The molecule has 4 rings (SSSR count). The van der Waals surface area contributed by atoms with E-state index >= 15 is 0 Å². The van der Waals surface area contributed by atoms with Crippen LogP contribution in [0.2, 0.25) is 0 Å². The van der Waals surface area contributed by atoms with E-state index in [1.54, 1.807) is 0 Å². The number of alkyl halides is 6. The summed E-state index contributed by atoms with van der Waals surface area (Å²) < 4.78 is 65.4. The molecule has 33 heavy (non-hydrogen) atoms. The first-order chi connectivity index (χ1) is 15.2. The van der Waals surface area contributed by atoms with Crippen LogP contribution in [0.15, 0.2) is 12.4 Å². The maximum Gasteiger partial charge on any atom is 0.490 e. The Hall–Kier alpha value is -2.35. The number of aliphatic carboxylic acids is 2. The molecule has 1 saturated carbocycles. The Labute approximate surface area is 185 Å². The molecule has 1 aliphatic carbocycles. The maximum atomic E-state index is 10.6. The van der Waals surface area contributed by atoms with Crippen LogP contribution in [0.5, 0.6) is 0 Å². The molecule has 0 amide bonds. The highest BCUT2D eigenvalue weighted by molar-refractivity contribution is 5.73. The van der Waals surface area contributed by atoms with Crippen molar-refractivity contribution >= 4 is 11.9 Å². The smallest absolute Gasteiger partial charge is 0.475 e. The summed E-state index contributed by atoms with van der Waals surface area (Å²) in [5, 5.41) is 18.5. The lowest BCUT2D eigenvalue weighted by Gasteiger charge is -2.25. The summed E-state index contributed by atoms with van der Waals surface area (Å²) in [6, 6.07) is 1.65. The Morgan fingerprint density at radius 2 is 1.39 bits per heavy atom. The fourth-order valence-electron chi connectivity index (χ4n) is 4.01. The minimum absolute atomic E-state index is 0.805. The van der Waals surface area contributed by atoms with Crippen LogP contribution < -0.4 is 0 Å². The summed E-state index contributed by atoms with van der Waals surface area (Å²) in [4.78, 5) is 23.3. The lowest BCUT2D eigenvalue weighted by atomic mass is 10.1. The first-order valence-corrected chi connectivity index (χ1v) is 10.2.